The quantitative estimate of drug-likeness (QED) is 0.287. The molecule has 0 aromatic rings. The van der Waals surface area contributed by atoms with Crippen molar-refractivity contribution in [2.24, 2.45) is 0 Å². The molecule has 0 saturated carbocycles. The van der Waals surface area contributed by atoms with E-state index in [9.17, 15) is 0 Å². The van der Waals surface area contributed by atoms with E-state index in [1.54, 1.807) is 12.2 Å². The van der Waals surface area contributed by atoms with E-state index in [-0.39, 0.29) is 25.7 Å². The van der Waals surface area contributed by atoms with Gasteiger partial charge in [0.25, 0.3) is 0 Å². The molecule has 4 N–H and O–H groups in total. The van der Waals surface area contributed by atoms with E-state index in [0.717, 1.165) is 0 Å². The standard InChI is InChI=1S/C12H24N2O3/c1-3-7-13-11(5-9-15)17-12(6-10-16)14-8-4-2/h3-4,11-16H,1-2,5-10H2. The van der Waals surface area contributed by atoms with Crippen LogP contribution in [0.1, 0.15) is 12.8 Å². The van der Waals surface area contributed by atoms with Crippen LogP contribution in [0.15, 0.2) is 25.3 Å². The first-order chi connectivity index (χ1) is 8.28. The normalized spacial score (nSPS) is 14.2. The van der Waals surface area contributed by atoms with E-state index < -0.39 is 0 Å². The zero-order valence-corrected chi connectivity index (χ0v) is 10.3. The van der Waals surface area contributed by atoms with E-state index in [2.05, 4.69) is 23.8 Å². The van der Waals surface area contributed by atoms with Crippen molar-refractivity contribution in [1.82, 2.24) is 10.6 Å². The molecule has 17 heavy (non-hydrogen) atoms. The number of ether oxygens (including phenoxy) is 1. The SMILES string of the molecule is C=CCNC(CCO)OC(CCO)NCC=C. The molecule has 5 nitrogen and oxygen atoms in total. The van der Waals surface area contributed by atoms with E-state index in [0.29, 0.717) is 25.9 Å². The molecule has 0 amide bonds. The van der Waals surface area contributed by atoms with Crippen molar-refractivity contribution in [2.75, 3.05) is 26.3 Å². The summed E-state index contributed by atoms with van der Waals surface area (Å²) in [5.41, 5.74) is 0. The molecule has 2 unspecified atom stereocenters. The van der Waals surface area contributed by atoms with Gasteiger partial charge < -0.3 is 14.9 Å². The fraction of sp³-hybridized carbons (Fsp3) is 0.667. The van der Waals surface area contributed by atoms with Gasteiger partial charge in [0.2, 0.25) is 0 Å². The molecule has 0 bridgehead atoms. The lowest BCUT2D eigenvalue weighted by Gasteiger charge is -2.25. The van der Waals surface area contributed by atoms with Crippen LogP contribution in [-0.4, -0.2) is 49.0 Å². The molecule has 2 atom stereocenters. The minimum absolute atomic E-state index is 0.0438. The predicted molar refractivity (Wildman–Crippen MR) is 68.5 cm³/mol. The summed E-state index contributed by atoms with van der Waals surface area (Å²) in [5.74, 6) is 0. The van der Waals surface area contributed by atoms with E-state index in [1.807, 2.05) is 0 Å². The van der Waals surface area contributed by atoms with Crippen molar-refractivity contribution in [3.63, 3.8) is 0 Å². The lowest BCUT2D eigenvalue weighted by Crippen LogP contribution is -2.42. The second-order valence-electron chi connectivity index (χ2n) is 3.53. The molecule has 5 heteroatoms. The van der Waals surface area contributed by atoms with Gasteiger partial charge in [-0.3, -0.25) is 10.6 Å². The van der Waals surface area contributed by atoms with Crippen LogP contribution in [0.25, 0.3) is 0 Å². The van der Waals surface area contributed by atoms with Gasteiger partial charge in [-0.15, -0.1) is 13.2 Å². The fourth-order valence-electron chi connectivity index (χ4n) is 1.30. The van der Waals surface area contributed by atoms with Crippen molar-refractivity contribution in [2.45, 2.75) is 25.3 Å². The molecule has 0 saturated heterocycles. The van der Waals surface area contributed by atoms with Crippen LogP contribution in [-0.2, 0) is 4.74 Å². The van der Waals surface area contributed by atoms with Crippen molar-refractivity contribution in [1.29, 1.82) is 0 Å². The van der Waals surface area contributed by atoms with Crippen LogP contribution < -0.4 is 10.6 Å². The highest BCUT2D eigenvalue weighted by atomic mass is 16.5. The Balaban J connectivity index is 4.11. The Morgan fingerprint density at radius 3 is 1.65 bits per heavy atom. The summed E-state index contributed by atoms with van der Waals surface area (Å²) in [6, 6.07) is 0. The summed E-state index contributed by atoms with van der Waals surface area (Å²) >= 11 is 0. The van der Waals surface area contributed by atoms with Crippen LogP contribution in [0, 0.1) is 0 Å². The summed E-state index contributed by atoms with van der Waals surface area (Å²) in [6.07, 6.45) is 3.92. The van der Waals surface area contributed by atoms with Gasteiger partial charge in [-0.25, -0.2) is 0 Å². The molecule has 0 heterocycles. The van der Waals surface area contributed by atoms with Crippen LogP contribution in [0.4, 0.5) is 0 Å². The van der Waals surface area contributed by atoms with E-state index >= 15 is 0 Å². The van der Waals surface area contributed by atoms with Crippen LogP contribution >= 0.6 is 0 Å². The Hall–Kier alpha value is -0.720. The summed E-state index contributed by atoms with van der Waals surface area (Å²) in [5, 5.41) is 24.0. The van der Waals surface area contributed by atoms with Gasteiger partial charge >= 0.3 is 0 Å². The number of hydrogen-bond donors (Lipinski definition) is 4. The van der Waals surface area contributed by atoms with Crippen molar-refractivity contribution in [3.05, 3.63) is 25.3 Å². The van der Waals surface area contributed by atoms with Gasteiger partial charge in [-0.2, -0.15) is 0 Å². The van der Waals surface area contributed by atoms with Gasteiger partial charge in [0.15, 0.2) is 0 Å². The third-order valence-electron chi connectivity index (χ3n) is 2.09. The molecule has 0 spiro atoms. The van der Waals surface area contributed by atoms with E-state index in [1.165, 1.54) is 0 Å². The first-order valence-corrected chi connectivity index (χ1v) is 5.84. The van der Waals surface area contributed by atoms with Crippen LogP contribution in [0.2, 0.25) is 0 Å². The summed E-state index contributed by atoms with van der Waals surface area (Å²) in [7, 11) is 0. The second kappa shape index (κ2) is 11.8. The Morgan fingerprint density at radius 1 is 0.941 bits per heavy atom. The van der Waals surface area contributed by atoms with Crippen molar-refractivity contribution in [3.8, 4) is 0 Å². The number of nitrogens with one attached hydrogen (secondary N) is 2. The van der Waals surface area contributed by atoms with Crippen molar-refractivity contribution < 1.29 is 14.9 Å². The zero-order valence-electron chi connectivity index (χ0n) is 10.3. The molecular weight excluding hydrogens is 220 g/mol. The highest BCUT2D eigenvalue weighted by molar-refractivity contribution is 4.74. The summed E-state index contributed by atoms with van der Waals surface area (Å²) < 4.78 is 5.70. The number of hydrogen-bond acceptors (Lipinski definition) is 5. The number of rotatable bonds is 12. The van der Waals surface area contributed by atoms with Gasteiger partial charge in [-0.1, -0.05) is 12.2 Å². The van der Waals surface area contributed by atoms with Crippen LogP contribution in [0.3, 0.4) is 0 Å². The molecule has 0 aliphatic heterocycles. The molecule has 0 rings (SSSR count). The Bertz CT molecular complexity index is 180. The number of aliphatic hydroxyl groups excluding tert-OH is 2. The first-order valence-electron chi connectivity index (χ1n) is 5.84. The highest BCUT2D eigenvalue weighted by Crippen LogP contribution is 2.02. The molecular formula is C12H24N2O3. The minimum Gasteiger partial charge on any atom is -0.396 e. The monoisotopic (exact) mass is 244 g/mol. The lowest BCUT2D eigenvalue weighted by atomic mass is 10.3. The minimum atomic E-state index is -0.258. The predicted octanol–water partition coefficient (Wildman–Crippen LogP) is -0.0288. The van der Waals surface area contributed by atoms with Gasteiger partial charge in [-0.05, 0) is 0 Å². The third-order valence-corrected chi connectivity index (χ3v) is 2.09. The van der Waals surface area contributed by atoms with Gasteiger partial charge in [0.05, 0.1) is 0 Å². The first kappa shape index (κ1) is 16.3. The highest BCUT2D eigenvalue weighted by Gasteiger charge is 2.14. The average Bonchev–Trinajstić information content (AvgIpc) is 2.33. The maximum Gasteiger partial charge on any atom is 0.112 e. The molecule has 0 aliphatic carbocycles. The largest absolute Gasteiger partial charge is 0.396 e. The average molecular weight is 244 g/mol. The molecule has 0 fully saturated rings. The molecule has 100 valence electrons. The van der Waals surface area contributed by atoms with Gasteiger partial charge in [0, 0.05) is 39.1 Å². The Morgan fingerprint density at radius 2 is 1.35 bits per heavy atom. The molecule has 0 radical (unpaired) electrons. The molecule has 0 aromatic carbocycles. The maximum atomic E-state index is 8.92. The van der Waals surface area contributed by atoms with Gasteiger partial charge in [0.1, 0.15) is 12.5 Å². The van der Waals surface area contributed by atoms with Crippen molar-refractivity contribution >= 4 is 0 Å². The second-order valence-corrected chi connectivity index (χ2v) is 3.53. The summed E-state index contributed by atoms with van der Waals surface area (Å²) in [6.45, 7) is 8.52. The molecule has 0 aliphatic rings. The summed E-state index contributed by atoms with van der Waals surface area (Å²) in [4.78, 5) is 0. The smallest absolute Gasteiger partial charge is 0.112 e. The Labute approximate surface area is 103 Å². The van der Waals surface area contributed by atoms with Crippen LogP contribution in [0.5, 0.6) is 0 Å². The zero-order chi connectivity index (χ0) is 12.9. The third kappa shape index (κ3) is 9.02. The lowest BCUT2D eigenvalue weighted by molar-refractivity contribution is -0.0612. The Kier molecular flexibility index (Phi) is 11.3. The molecule has 0 aromatic heterocycles. The maximum absolute atomic E-state index is 8.92. The topological polar surface area (TPSA) is 73.8 Å². The van der Waals surface area contributed by atoms with E-state index in [4.69, 9.17) is 14.9 Å². The number of aliphatic hydroxyl groups is 2. The fourth-order valence-corrected chi connectivity index (χ4v) is 1.30.